The van der Waals surface area contributed by atoms with Crippen molar-refractivity contribution >= 4 is 15.9 Å². The van der Waals surface area contributed by atoms with Crippen LogP contribution in [0.4, 0.5) is 0 Å². The Labute approximate surface area is 129 Å². The fourth-order valence-electron chi connectivity index (χ4n) is 4.33. The molecular formula is C15H25BrN4. The van der Waals surface area contributed by atoms with Crippen molar-refractivity contribution < 1.29 is 0 Å². The normalized spacial score (nSPS) is 30.1. The molecule has 0 spiro atoms. The van der Waals surface area contributed by atoms with Gasteiger partial charge in [-0.1, -0.05) is 13.3 Å². The van der Waals surface area contributed by atoms with Gasteiger partial charge < -0.3 is 0 Å². The summed E-state index contributed by atoms with van der Waals surface area (Å²) in [5.41, 5.74) is 4.26. The van der Waals surface area contributed by atoms with Gasteiger partial charge in [-0.25, -0.2) is 0 Å². The highest BCUT2D eigenvalue weighted by atomic mass is 79.9. The Bertz CT molecular complexity index is 459. The first-order valence-corrected chi connectivity index (χ1v) is 8.69. The molecule has 0 saturated heterocycles. The van der Waals surface area contributed by atoms with E-state index in [2.05, 4.69) is 38.1 Å². The van der Waals surface area contributed by atoms with E-state index >= 15 is 0 Å². The van der Waals surface area contributed by atoms with Gasteiger partial charge in [-0.2, -0.15) is 5.10 Å². The van der Waals surface area contributed by atoms with Crippen molar-refractivity contribution in [1.82, 2.24) is 15.2 Å². The van der Waals surface area contributed by atoms with E-state index in [0.717, 1.165) is 41.6 Å². The Morgan fingerprint density at radius 3 is 2.95 bits per heavy atom. The molecule has 112 valence electrons. The number of halogens is 1. The summed E-state index contributed by atoms with van der Waals surface area (Å²) in [6, 6.07) is 0.211. The van der Waals surface area contributed by atoms with E-state index in [4.69, 9.17) is 5.84 Å². The fourth-order valence-corrected chi connectivity index (χ4v) is 4.91. The largest absolute Gasteiger partial charge is 0.271 e. The number of nitrogens with zero attached hydrogens (tertiary/aromatic N) is 2. The van der Waals surface area contributed by atoms with Crippen LogP contribution in [0.5, 0.6) is 0 Å². The quantitative estimate of drug-likeness (QED) is 0.616. The van der Waals surface area contributed by atoms with Crippen molar-refractivity contribution in [1.29, 1.82) is 0 Å². The topological polar surface area (TPSA) is 55.9 Å². The van der Waals surface area contributed by atoms with Crippen LogP contribution in [0, 0.1) is 17.8 Å². The van der Waals surface area contributed by atoms with Gasteiger partial charge in [0.1, 0.15) is 0 Å². The van der Waals surface area contributed by atoms with Crippen LogP contribution in [0.1, 0.15) is 57.2 Å². The standard InChI is InChI=1S/C15H25BrN4/c1-2-5-20-15(13(16)9-18-20)14(19-17)8-12-7-10-3-4-11(12)6-10/h9-12,14,19H,2-8,17H2,1H3. The van der Waals surface area contributed by atoms with E-state index in [0.29, 0.717) is 0 Å². The lowest BCUT2D eigenvalue weighted by molar-refractivity contribution is 0.273. The predicted molar refractivity (Wildman–Crippen MR) is 83.8 cm³/mol. The molecule has 0 aromatic carbocycles. The van der Waals surface area contributed by atoms with Gasteiger partial charge in [-0.05, 0) is 65.8 Å². The smallest absolute Gasteiger partial charge is 0.0709 e. The summed E-state index contributed by atoms with van der Waals surface area (Å²) < 4.78 is 3.18. The minimum Gasteiger partial charge on any atom is -0.271 e. The molecule has 1 aromatic heterocycles. The molecule has 4 nitrogen and oxygen atoms in total. The molecule has 0 amide bonds. The molecule has 4 unspecified atom stereocenters. The fraction of sp³-hybridized carbons (Fsp3) is 0.800. The van der Waals surface area contributed by atoms with Gasteiger partial charge in [-0.3, -0.25) is 16.0 Å². The molecule has 2 aliphatic rings. The van der Waals surface area contributed by atoms with Gasteiger partial charge >= 0.3 is 0 Å². The Hall–Kier alpha value is -0.390. The van der Waals surface area contributed by atoms with E-state index in [1.807, 2.05) is 6.20 Å². The van der Waals surface area contributed by atoms with Crippen LogP contribution in [0.3, 0.4) is 0 Å². The summed E-state index contributed by atoms with van der Waals surface area (Å²) in [4.78, 5) is 0. The molecule has 3 N–H and O–H groups in total. The zero-order valence-corrected chi connectivity index (χ0v) is 13.8. The van der Waals surface area contributed by atoms with Gasteiger partial charge in [-0.15, -0.1) is 0 Å². The highest BCUT2D eigenvalue weighted by Crippen LogP contribution is 2.51. The maximum atomic E-state index is 5.86. The number of nitrogens with one attached hydrogen (secondary N) is 1. The van der Waals surface area contributed by atoms with Crippen molar-refractivity contribution in [2.45, 2.75) is 58.0 Å². The van der Waals surface area contributed by atoms with Crippen LogP contribution in [0.25, 0.3) is 0 Å². The van der Waals surface area contributed by atoms with Crippen LogP contribution in [-0.2, 0) is 6.54 Å². The van der Waals surface area contributed by atoms with E-state index < -0.39 is 0 Å². The SMILES string of the molecule is CCCn1ncc(Br)c1C(CC1CC2CCC1C2)NN. The zero-order valence-electron chi connectivity index (χ0n) is 12.2. The Morgan fingerprint density at radius 1 is 1.50 bits per heavy atom. The number of aryl methyl sites for hydroxylation is 1. The molecule has 0 radical (unpaired) electrons. The number of aromatic nitrogens is 2. The van der Waals surface area contributed by atoms with E-state index in [-0.39, 0.29) is 6.04 Å². The Balaban J connectivity index is 1.74. The van der Waals surface area contributed by atoms with Crippen LogP contribution < -0.4 is 11.3 Å². The lowest BCUT2D eigenvalue weighted by atomic mass is 9.83. The molecule has 20 heavy (non-hydrogen) atoms. The minimum atomic E-state index is 0.211. The number of rotatable bonds is 6. The third kappa shape index (κ3) is 2.68. The number of nitrogens with two attached hydrogens (primary N) is 1. The van der Waals surface area contributed by atoms with Crippen LogP contribution in [0.15, 0.2) is 10.7 Å². The summed E-state index contributed by atoms with van der Waals surface area (Å²) in [7, 11) is 0. The van der Waals surface area contributed by atoms with E-state index in [9.17, 15) is 0 Å². The van der Waals surface area contributed by atoms with E-state index in [1.165, 1.54) is 31.4 Å². The first-order valence-electron chi connectivity index (χ1n) is 7.90. The predicted octanol–water partition coefficient (Wildman–Crippen LogP) is 3.39. The first-order chi connectivity index (χ1) is 9.72. The second-order valence-electron chi connectivity index (χ2n) is 6.49. The zero-order chi connectivity index (χ0) is 14.1. The summed E-state index contributed by atoms with van der Waals surface area (Å²) in [5, 5.41) is 4.47. The summed E-state index contributed by atoms with van der Waals surface area (Å²) in [6.07, 6.45) is 9.88. The minimum absolute atomic E-state index is 0.211. The van der Waals surface area contributed by atoms with Gasteiger partial charge in [0.2, 0.25) is 0 Å². The maximum absolute atomic E-state index is 5.86. The lowest BCUT2D eigenvalue weighted by Crippen LogP contribution is -2.32. The molecule has 5 heteroatoms. The number of hydrazine groups is 1. The second kappa shape index (κ2) is 6.16. The average molecular weight is 341 g/mol. The molecule has 1 heterocycles. The first kappa shape index (κ1) is 14.5. The Kier molecular flexibility index (Phi) is 4.48. The van der Waals surface area contributed by atoms with Crippen LogP contribution in [0.2, 0.25) is 0 Å². The summed E-state index contributed by atoms with van der Waals surface area (Å²) in [5.74, 6) is 8.64. The van der Waals surface area contributed by atoms with Gasteiger partial charge in [0.25, 0.3) is 0 Å². The van der Waals surface area contributed by atoms with Crippen LogP contribution >= 0.6 is 15.9 Å². The van der Waals surface area contributed by atoms with Crippen LogP contribution in [-0.4, -0.2) is 9.78 Å². The van der Waals surface area contributed by atoms with Crippen molar-refractivity contribution in [3.05, 3.63) is 16.4 Å². The molecule has 3 rings (SSSR count). The molecule has 1 aromatic rings. The highest BCUT2D eigenvalue weighted by Gasteiger charge is 2.40. The van der Waals surface area contributed by atoms with Gasteiger partial charge in [0.05, 0.1) is 22.4 Å². The monoisotopic (exact) mass is 340 g/mol. The molecule has 4 atom stereocenters. The van der Waals surface area contributed by atoms with Crippen molar-refractivity contribution in [2.24, 2.45) is 23.6 Å². The van der Waals surface area contributed by atoms with E-state index in [1.54, 1.807) is 0 Å². The van der Waals surface area contributed by atoms with Crippen molar-refractivity contribution in [3.8, 4) is 0 Å². The second-order valence-corrected chi connectivity index (χ2v) is 7.35. The molecule has 2 fully saturated rings. The molecule has 2 saturated carbocycles. The number of fused-ring (bicyclic) bond motifs is 2. The number of hydrogen-bond acceptors (Lipinski definition) is 3. The molecule has 0 aliphatic heterocycles. The van der Waals surface area contributed by atoms with Gasteiger partial charge in [0, 0.05) is 6.54 Å². The number of hydrogen-bond donors (Lipinski definition) is 2. The van der Waals surface area contributed by atoms with Gasteiger partial charge in [0.15, 0.2) is 0 Å². The summed E-state index contributed by atoms with van der Waals surface area (Å²) >= 11 is 3.64. The van der Waals surface area contributed by atoms with Crippen molar-refractivity contribution in [3.63, 3.8) is 0 Å². The maximum Gasteiger partial charge on any atom is 0.0709 e. The lowest BCUT2D eigenvalue weighted by Gasteiger charge is -2.27. The third-order valence-corrected chi connectivity index (χ3v) is 5.83. The Morgan fingerprint density at radius 2 is 2.35 bits per heavy atom. The average Bonchev–Trinajstić information content (AvgIpc) is 3.13. The molecular weight excluding hydrogens is 316 g/mol. The summed E-state index contributed by atoms with van der Waals surface area (Å²) in [6.45, 7) is 3.13. The molecule has 2 aliphatic carbocycles. The third-order valence-electron chi connectivity index (χ3n) is 5.22. The highest BCUT2D eigenvalue weighted by molar-refractivity contribution is 9.10. The molecule has 2 bridgehead atoms. The van der Waals surface area contributed by atoms with Crippen molar-refractivity contribution in [2.75, 3.05) is 0 Å².